The summed E-state index contributed by atoms with van der Waals surface area (Å²) in [5.41, 5.74) is 0.229. The number of rotatable bonds is 5. The molecule has 0 saturated carbocycles. The standard InChI is InChI=1S/C13H22/c1-5-8-9-10-12-13(4,7-3)11-6-2/h6,8-12H,5,7H2,1-4H3. The van der Waals surface area contributed by atoms with Gasteiger partial charge in [0.1, 0.15) is 0 Å². The van der Waals surface area contributed by atoms with Crippen LogP contribution in [-0.2, 0) is 0 Å². The minimum atomic E-state index is 0.229. The van der Waals surface area contributed by atoms with Crippen molar-refractivity contribution in [3.8, 4) is 0 Å². The van der Waals surface area contributed by atoms with Gasteiger partial charge in [0, 0.05) is 5.41 Å². The Morgan fingerprint density at radius 3 is 2.23 bits per heavy atom. The van der Waals surface area contributed by atoms with Crippen molar-refractivity contribution in [2.75, 3.05) is 0 Å². The molecule has 13 heavy (non-hydrogen) atoms. The average molecular weight is 178 g/mol. The highest BCUT2D eigenvalue weighted by Crippen LogP contribution is 2.24. The van der Waals surface area contributed by atoms with E-state index in [2.05, 4.69) is 64.2 Å². The summed E-state index contributed by atoms with van der Waals surface area (Å²) in [6, 6.07) is 0. The predicted molar refractivity (Wildman–Crippen MR) is 61.8 cm³/mol. The van der Waals surface area contributed by atoms with Gasteiger partial charge in [-0.25, -0.2) is 0 Å². The summed E-state index contributed by atoms with van der Waals surface area (Å²) in [6.45, 7) is 8.69. The summed E-state index contributed by atoms with van der Waals surface area (Å²) in [5, 5.41) is 0. The third kappa shape index (κ3) is 5.46. The molecule has 0 bridgehead atoms. The summed E-state index contributed by atoms with van der Waals surface area (Å²) in [6.07, 6.45) is 15.3. The van der Waals surface area contributed by atoms with Gasteiger partial charge >= 0.3 is 0 Å². The Hall–Kier alpha value is -0.780. The molecule has 1 atom stereocenters. The molecular formula is C13H22. The molecule has 0 nitrogen and oxygen atoms in total. The van der Waals surface area contributed by atoms with Crippen LogP contribution in [0.4, 0.5) is 0 Å². The molecule has 0 aromatic rings. The van der Waals surface area contributed by atoms with Crippen LogP contribution in [0.1, 0.15) is 40.5 Å². The summed E-state index contributed by atoms with van der Waals surface area (Å²) in [5.74, 6) is 0. The van der Waals surface area contributed by atoms with Gasteiger partial charge < -0.3 is 0 Å². The van der Waals surface area contributed by atoms with Gasteiger partial charge in [-0.2, -0.15) is 0 Å². The van der Waals surface area contributed by atoms with Crippen LogP contribution in [-0.4, -0.2) is 0 Å². The molecule has 0 fully saturated rings. The Morgan fingerprint density at radius 1 is 1.08 bits per heavy atom. The maximum Gasteiger partial charge on any atom is 0.00330 e. The molecule has 0 aromatic carbocycles. The van der Waals surface area contributed by atoms with Gasteiger partial charge in [-0.15, -0.1) is 0 Å². The zero-order valence-electron chi connectivity index (χ0n) is 9.38. The molecule has 0 heterocycles. The highest BCUT2D eigenvalue weighted by atomic mass is 14.2. The molecule has 0 aliphatic rings. The van der Waals surface area contributed by atoms with Gasteiger partial charge in [0.2, 0.25) is 0 Å². The summed E-state index contributed by atoms with van der Waals surface area (Å²) < 4.78 is 0. The van der Waals surface area contributed by atoms with Crippen molar-refractivity contribution in [2.45, 2.75) is 40.5 Å². The van der Waals surface area contributed by atoms with Crippen molar-refractivity contribution < 1.29 is 0 Å². The molecule has 0 radical (unpaired) electrons. The average Bonchev–Trinajstić information content (AvgIpc) is 2.13. The van der Waals surface area contributed by atoms with E-state index in [4.69, 9.17) is 0 Å². The van der Waals surface area contributed by atoms with E-state index in [1.165, 1.54) is 0 Å². The lowest BCUT2D eigenvalue weighted by Crippen LogP contribution is -2.06. The molecule has 0 aliphatic carbocycles. The molecule has 0 heteroatoms. The van der Waals surface area contributed by atoms with Crippen molar-refractivity contribution in [3.63, 3.8) is 0 Å². The van der Waals surface area contributed by atoms with Crippen LogP contribution < -0.4 is 0 Å². The summed E-state index contributed by atoms with van der Waals surface area (Å²) in [4.78, 5) is 0. The van der Waals surface area contributed by atoms with Crippen molar-refractivity contribution in [1.29, 1.82) is 0 Å². The Morgan fingerprint density at radius 2 is 1.77 bits per heavy atom. The first kappa shape index (κ1) is 12.2. The normalized spacial score (nSPS) is 17.5. The molecule has 1 unspecified atom stereocenters. The summed E-state index contributed by atoms with van der Waals surface area (Å²) in [7, 11) is 0. The van der Waals surface area contributed by atoms with Gasteiger partial charge in [0.05, 0.1) is 0 Å². The quantitative estimate of drug-likeness (QED) is 0.429. The van der Waals surface area contributed by atoms with E-state index in [0.29, 0.717) is 0 Å². The minimum absolute atomic E-state index is 0.229. The zero-order chi connectivity index (χ0) is 10.2. The van der Waals surface area contributed by atoms with Gasteiger partial charge in [0.15, 0.2) is 0 Å². The maximum absolute atomic E-state index is 2.26. The largest absolute Gasteiger partial charge is 0.0908 e. The molecule has 74 valence electrons. The lowest BCUT2D eigenvalue weighted by atomic mass is 9.87. The van der Waals surface area contributed by atoms with Crippen LogP contribution in [0.25, 0.3) is 0 Å². The van der Waals surface area contributed by atoms with Crippen LogP contribution in [0.5, 0.6) is 0 Å². The molecule has 0 rings (SSSR count). The Labute approximate surface area is 83.0 Å². The first-order valence-corrected chi connectivity index (χ1v) is 5.16. The maximum atomic E-state index is 2.26. The molecule has 0 aliphatic heterocycles. The Bertz CT molecular complexity index is 196. The van der Waals surface area contributed by atoms with E-state index in [-0.39, 0.29) is 5.41 Å². The molecular weight excluding hydrogens is 156 g/mol. The van der Waals surface area contributed by atoms with Crippen LogP contribution in [0.15, 0.2) is 36.5 Å². The second-order valence-corrected chi connectivity index (χ2v) is 3.55. The highest BCUT2D eigenvalue weighted by molar-refractivity contribution is 5.13. The minimum Gasteiger partial charge on any atom is -0.0908 e. The zero-order valence-corrected chi connectivity index (χ0v) is 9.38. The monoisotopic (exact) mass is 178 g/mol. The topological polar surface area (TPSA) is 0 Å². The highest BCUT2D eigenvalue weighted by Gasteiger charge is 2.12. The Kier molecular flexibility index (Phi) is 6.30. The number of allylic oxidation sites excluding steroid dienone is 6. The molecule has 0 saturated heterocycles. The van der Waals surface area contributed by atoms with Crippen LogP contribution in [0.2, 0.25) is 0 Å². The number of hydrogen-bond acceptors (Lipinski definition) is 0. The predicted octanol–water partition coefficient (Wildman–Crippen LogP) is 4.50. The molecule has 0 spiro atoms. The molecule has 0 amide bonds. The smallest absolute Gasteiger partial charge is 0.00330 e. The van der Waals surface area contributed by atoms with E-state index < -0.39 is 0 Å². The Balaban J connectivity index is 4.26. The third-order valence-electron chi connectivity index (χ3n) is 2.27. The SMILES string of the molecule is CC=CC(C)(C=CC=CCC)CC. The molecule has 0 aromatic heterocycles. The first-order chi connectivity index (χ1) is 6.18. The lowest BCUT2D eigenvalue weighted by Gasteiger charge is -2.18. The van der Waals surface area contributed by atoms with Gasteiger partial charge in [-0.3, -0.25) is 0 Å². The fraction of sp³-hybridized carbons (Fsp3) is 0.538. The van der Waals surface area contributed by atoms with Gasteiger partial charge in [0.25, 0.3) is 0 Å². The van der Waals surface area contributed by atoms with Crippen molar-refractivity contribution in [2.24, 2.45) is 5.41 Å². The van der Waals surface area contributed by atoms with E-state index in [9.17, 15) is 0 Å². The van der Waals surface area contributed by atoms with E-state index >= 15 is 0 Å². The second-order valence-electron chi connectivity index (χ2n) is 3.55. The summed E-state index contributed by atoms with van der Waals surface area (Å²) >= 11 is 0. The van der Waals surface area contributed by atoms with E-state index in [1.54, 1.807) is 0 Å². The first-order valence-electron chi connectivity index (χ1n) is 5.16. The van der Waals surface area contributed by atoms with Gasteiger partial charge in [-0.1, -0.05) is 57.2 Å². The third-order valence-corrected chi connectivity index (χ3v) is 2.27. The van der Waals surface area contributed by atoms with Crippen molar-refractivity contribution in [3.05, 3.63) is 36.5 Å². The van der Waals surface area contributed by atoms with Crippen molar-refractivity contribution >= 4 is 0 Å². The van der Waals surface area contributed by atoms with E-state index in [1.807, 2.05) is 0 Å². The lowest BCUT2D eigenvalue weighted by molar-refractivity contribution is 0.529. The van der Waals surface area contributed by atoms with Gasteiger partial charge in [-0.05, 0) is 19.8 Å². The number of hydrogen-bond donors (Lipinski definition) is 0. The van der Waals surface area contributed by atoms with Crippen LogP contribution in [0.3, 0.4) is 0 Å². The second kappa shape index (κ2) is 6.71. The molecule has 0 N–H and O–H groups in total. The fourth-order valence-corrected chi connectivity index (χ4v) is 1.16. The van der Waals surface area contributed by atoms with Crippen LogP contribution >= 0.6 is 0 Å². The fourth-order valence-electron chi connectivity index (χ4n) is 1.16. The van der Waals surface area contributed by atoms with Crippen LogP contribution in [0, 0.1) is 5.41 Å². The van der Waals surface area contributed by atoms with E-state index in [0.717, 1.165) is 12.8 Å². The van der Waals surface area contributed by atoms with Crippen molar-refractivity contribution in [1.82, 2.24) is 0 Å².